The van der Waals surface area contributed by atoms with Gasteiger partial charge in [0.25, 0.3) is 0 Å². The number of benzene rings is 2. The van der Waals surface area contributed by atoms with Crippen molar-refractivity contribution in [3.05, 3.63) is 65.0 Å². The van der Waals surface area contributed by atoms with Gasteiger partial charge in [0.05, 0.1) is 13.7 Å². The number of ether oxygens (including phenoxy) is 1. The molecule has 2 aromatic carbocycles. The van der Waals surface area contributed by atoms with E-state index in [4.69, 9.17) is 20.9 Å². The highest BCUT2D eigenvalue weighted by atomic mass is 35.5. The molecule has 0 unspecified atom stereocenters. The van der Waals surface area contributed by atoms with E-state index in [1.54, 1.807) is 7.11 Å². The van der Waals surface area contributed by atoms with Gasteiger partial charge in [-0.2, -0.15) is 4.98 Å². The molecule has 3 aromatic rings. The maximum atomic E-state index is 6.02. The standard InChI is InChI=1S/C21H24ClN5O2/c1-3-23-21(25-14-15-6-4-9-18(12-15)28-2)24-11-10-19-26-20(27-29-19)16-7-5-8-17(22)13-16/h4-9,12-13H,3,10-11,14H2,1-2H3,(H2,23,24,25). The number of guanidine groups is 1. The van der Waals surface area contributed by atoms with Gasteiger partial charge in [-0.25, -0.2) is 4.99 Å². The fraction of sp³-hybridized carbons (Fsp3) is 0.286. The minimum Gasteiger partial charge on any atom is -0.497 e. The van der Waals surface area contributed by atoms with Crippen LogP contribution in [0, 0.1) is 0 Å². The number of hydrogen-bond acceptors (Lipinski definition) is 5. The summed E-state index contributed by atoms with van der Waals surface area (Å²) in [6.07, 6.45) is 0.580. The van der Waals surface area contributed by atoms with Crippen LogP contribution in [-0.2, 0) is 13.0 Å². The molecule has 0 spiro atoms. The molecule has 0 aliphatic carbocycles. The lowest BCUT2D eigenvalue weighted by Crippen LogP contribution is -2.38. The number of aromatic nitrogens is 2. The van der Waals surface area contributed by atoms with Crippen LogP contribution in [0.25, 0.3) is 11.4 Å². The number of halogens is 1. The van der Waals surface area contributed by atoms with Crippen LogP contribution >= 0.6 is 11.6 Å². The Morgan fingerprint density at radius 3 is 2.83 bits per heavy atom. The van der Waals surface area contributed by atoms with Crippen LogP contribution in [-0.4, -0.2) is 36.3 Å². The van der Waals surface area contributed by atoms with Crippen molar-refractivity contribution >= 4 is 17.6 Å². The van der Waals surface area contributed by atoms with Gasteiger partial charge in [-0.05, 0) is 36.8 Å². The third-order valence-corrected chi connectivity index (χ3v) is 4.32. The Bertz CT molecular complexity index is 958. The molecule has 0 bridgehead atoms. The minimum atomic E-state index is 0.529. The van der Waals surface area contributed by atoms with Crippen LogP contribution in [0.2, 0.25) is 5.02 Å². The third kappa shape index (κ3) is 6.22. The Hall–Kier alpha value is -3.06. The smallest absolute Gasteiger partial charge is 0.228 e. The van der Waals surface area contributed by atoms with Crippen LogP contribution in [0.4, 0.5) is 0 Å². The average molecular weight is 414 g/mol. The minimum absolute atomic E-state index is 0.529. The van der Waals surface area contributed by atoms with Crippen LogP contribution in [0.3, 0.4) is 0 Å². The Kier molecular flexibility index (Phi) is 7.47. The predicted octanol–water partition coefficient (Wildman–Crippen LogP) is 3.70. The van der Waals surface area contributed by atoms with E-state index in [-0.39, 0.29) is 0 Å². The second-order valence-electron chi connectivity index (χ2n) is 6.25. The number of hydrogen-bond donors (Lipinski definition) is 2. The van der Waals surface area contributed by atoms with E-state index >= 15 is 0 Å². The quantitative estimate of drug-likeness (QED) is 0.432. The first-order valence-electron chi connectivity index (χ1n) is 9.41. The molecule has 29 heavy (non-hydrogen) atoms. The Balaban J connectivity index is 1.55. The van der Waals surface area contributed by atoms with E-state index in [0.717, 1.165) is 29.4 Å². The summed E-state index contributed by atoms with van der Waals surface area (Å²) < 4.78 is 10.6. The molecule has 8 heteroatoms. The largest absolute Gasteiger partial charge is 0.497 e. The molecule has 7 nitrogen and oxygen atoms in total. The molecule has 0 atom stereocenters. The second kappa shape index (κ2) is 10.5. The van der Waals surface area contributed by atoms with Gasteiger partial charge < -0.3 is 19.9 Å². The third-order valence-electron chi connectivity index (χ3n) is 4.08. The summed E-state index contributed by atoms with van der Waals surface area (Å²) in [5, 5.41) is 11.2. The molecule has 0 aliphatic heterocycles. The SMILES string of the molecule is CCNC(=NCc1cccc(OC)c1)NCCc1nc(-c2cccc(Cl)c2)no1. The molecule has 0 fully saturated rings. The number of nitrogens with one attached hydrogen (secondary N) is 2. The highest BCUT2D eigenvalue weighted by Crippen LogP contribution is 2.20. The molecular formula is C21H24ClN5O2. The van der Waals surface area contributed by atoms with Crippen LogP contribution in [0.1, 0.15) is 18.4 Å². The van der Waals surface area contributed by atoms with E-state index in [1.807, 2.05) is 55.5 Å². The lowest BCUT2D eigenvalue weighted by Gasteiger charge is -2.10. The Labute approximate surface area is 175 Å². The first-order valence-corrected chi connectivity index (χ1v) is 9.79. The van der Waals surface area contributed by atoms with E-state index in [1.165, 1.54) is 0 Å². The Morgan fingerprint density at radius 1 is 1.17 bits per heavy atom. The summed E-state index contributed by atoms with van der Waals surface area (Å²) in [7, 11) is 1.66. The molecule has 1 heterocycles. The summed E-state index contributed by atoms with van der Waals surface area (Å²) in [6, 6.07) is 15.2. The van der Waals surface area contributed by atoms with E-state index in [2.05, 4.69) is 25.8 Å². The van der Waals surface area contributed by atoms with Gasteiger partial charge in [0.2, 0.25) is 11.7 Å². The van der Waals surface area contributed by atoms with Gasteiger partial charge in [0.15, 0.2) is 5.96 Å². The highest BCUT2D eigenvalue weighted by molar-refractivity contribution is 6.30. The van der Waals surface area contributed by atoms with Gasteiger partial charge in [-0.1, -0.05) is 41.0 Å². The number of nitrogens with zero attached hydrogens (tertiary/aromatic N) is 3. The van der Waals surface area contributed by atoms with Crippen molar-refractivity contribution in [3.8, 4) is 17.1 Å². The van der Waals surface area contributed by atoms with Crippen LogP contribution in [0.5, 0.6) is 5.75 Å². The molecule has 0 radical (unpaired) electrons. The van der Waals surface area contributed by atoms with Gasteiger partial charge >= 0.3 is 0 Å². The summed E-state index contributed by atoms with van der Waals surface area (Å²) in [4.78, 5) is 9.04. The molecule has 1 aromatic heterocycles. The first-order chi connectivity index (χ1) is 14.2. The first kappa shape index (κ1) is 20.7. The summed E-state index contributed by atoms with van der Waals surface area (Å²) in [5.74, 6) is 2.63. The van der Waals surface area contributed by atoms with Crippen molar-refractivity contribution in [2.45, 2.75) is 19.9 Å². The van der Waals surface area contributed by atoms with Gasteiger partial charge in [-0.3, -0.25) is 0 Å². The van der Waals surface area contributed by atoms with Gasteiger partial charge in [-0.15, -0.1) is 0 Å². The lowest BCUT2D eigenvalue weighted by molar-refractivity contribution is 0.378. The fourth-order valence-electron chi connectivity index (χ4n) is 2.67. The zero-order valence-electron chi connectivity index (χ0n) is 16.5. The van der Waals surface area contributed by atoms with Crippen molar-refractivity contribution in [1.29, 1.82) is 0 Å². The van der Waals surface area contributed by atoms with Crippen LogP contribution < -0.4 is 15.4 Å². The molecule has 0 aliphatic rings. The van der Waals surface area contributed by atoms with E-state index in [9.17, 15) is 0 Å². The summed E-state index contributed by atoms with van der Waals surface area (Å²) >= 11 is 6.02. The average Bonchev–Trinajstić information content (AvgIpc) is 3.21. The summed E-state index contributed by atoms with van der Waals surface area (Å²) in [6.45, 7) is 3.95. The van der Waals surface area contributed by atoms with E-state index in [0.29, 0.717) is 36.2 Å². The molecule has 0 saturated heterocycles. The molecule has 0 saturated carbocycles. The number of aliphatic imine (C=N–C) groups is 1. The number of methoxy groups -OCH3 is 1. The number of rotatable bonds is 8. The van der Waals surface area contributed by atoms with Crippen molar-refractivity contribution < 1.29 is 9.26 Å². The zero-order valence-corrected chi connectivity index (χ0v) is 17.2. The molecular weight excluding hydrogens is 390 g/mol. The Morgan fingerprint density at radius 2 is 2.03 bits per heavy atom. The van der Waals surface area contributed by atoms with Crippen molar-refractivity contribution in [1.82, 2.24) is 20.8 Å². The predicted molar refractivity (Wildman–Crippen MR) is 114 cm³/mol. The molecule has 152 valence electrons. The van der Waals surface area contributed by atoms with Gasteiger partial charge in [0, 0.05) is 30.1 Å². The maximum Gasteiger partial charge on any atom is 0.228 e. The zero-order chi connectivity index (χ0) is 20.5. The fourth-order valence-corrected chi connectivity index (χ4v) is 2.86. The van der Waals surface area contributed by atoms with Crippen molar-refractivity contribution in [2.75, 3.05) is 20.2 Å². The molecule has 3 rings (SSSR count). The van der Waals surface area contributed by atoms with Crippen molar-refractivity contribution in [3.63, 3.8) is 0 Å². The van der Waals surface area contributed by atoms with Gasteiger partial charge in [0.1, 0.15) is 5.75 Å². The van der Waals surface area contributed by atoms with Crippen molar-refractivity contribution in [2.24, 2.45) is 4.99 Å². The van der Waals surface area contributed by atoms with Crippen LogP contribution in [0.15, 0.2) is 58.0 Å². The lowest BCUT2D eigenvalue weighted by atomic mass is 10.2. The normalized spacial score (nSPS) is 11.3. The molecule has 2 N–H and O–H groups in total. The van der Waals surface area contributed by atoms with E-state index < -0.39 is 0 Å². The second-order valence-corrected chi connectivity index (χ2v) is 6.68. The maximum absolute atomic E-state index is 6.02. The highest BCUT2D eigenvalue weighted by Gasteiger charge is 2.09. The molecule has 0 amide bonds. The topological polar surface area (TPSA) is 84.6 Å². The summed E-state index contributed by atoms with van der Waals surface area (Å²) in [5.41, 5.74) is 1.90. The monoisotopic (exact) mass is 413 g/mol.